The Morgan fingerprint density at radius 2 is 1.89 bits per heavy atom. The molecule has 28 heavy (non-hydrogen) atoms. The zero-order chi connectivity index (χ0) is 19.5. The number of nitrogens with zero attached hydrogens (tertiary/aromatic N) is 1. The van der Waals surface area contributed by atoms with Crippen molar-refractivity contribution in [1.29, 1.82) is 0 Å². The number of fused-ring (bicyclic) bond motifs is 5. The van der Waals surface area contributed by atoms with Crippen molar-refractivity contribution in [2.24, 2.45) is 0 Å². The molecule has 0 aliphatic carbocycles. The van der Waals surface area contributed by atoms with Gasteiger partial charge in [-0.3, -0.25) is 4.98 Å². The summed E-state index contributed by atoms with van der Waals surface area (Å²) < 4.78 is 7.57. The number of benzene rings is 2. The lowest BCUT2D eigenvalue weighted by molar-refractivity contribution is 0.242. The molecule has 1 aromatic heterocycles. The first kappa shape index (κ1) is 17.5. The van der Waals surface area contributed by atoms with Gasteiger partial charge in [0.25, 0.3) is 0 Å². The summed E-state index contributed by atoms with van der Waals surface area (Å²) in [6.07, 6.45) is 5.76. The monoisotopic (exact) mass is 432 g/mol. The summed E-state index contributed by atoms with van der Waals surface area (Å²) in [4.78, 5) is 4.36. The number of nitrogens with one attached hydrogen (secondary N) is 1. The molecule has 1 atom stereocenters. The van der Waals surface area contributed by atoms with Gasteiger partial charge in [0.1, 0.15) is 5.75 Å². The van der Waals surface area contributed by atoms with Crippen LogP contribution in [0.15, 0.2) is 65.4 Å². The van der Waals surface area contributed by atoms with Crippen molar-refractivity contribution in [2.45, 2.75) is 32.4 Å². The van der Waals surface area contributed by atoms with Crippen LogP contribution in [0.3, 0.4) is 0 Å². The van der Waals surface area contributed by atoms with Crippen molar-refractivity contribution in [3.05, 3.63) is 82.1 Å². The highest BCUT2D eigenvalue weighted by Gasteiger charge is 2.35. The Morgan fingerprint density at radius 3 is 2.71 bits per heavy atom. The van der Waals surface area contributed by atoms with Crippen molar-refractivity contribution in [3.63, 3.8) is 0 Å². The third-order valence-electron chi connectivity index (χ3n) is 5.44. The Bertz CT molecular complexity index is 1130. The predicted molar refractivity (Wildman–Crippen MR) is 118 cm³/mol. The lowest BCUT2D eigenvalue weighted by Crippen LogP contribution is -2.32. The highest BCUT2D eigenvalue weighted by Crippen LogP contribution is 2.51. The van der Waals surface area contributed by atoms with Gasteiger partial charge in [0.2, 0.25) is 0 Å². The van der Waals surface area contributed by atoms with Crippen molar-refractivity contribution >= 4 is 27.2 Å². The molecule has 3 nitrogen and oxygen atoms in total. The molecule has 0 radical (unpaired) electrons. The molecule has 140 valence electrons. The van der Waals surface area contributed by atoms with E-state index in [-0.39, 0.29) is 11.6 Å². The molecule has 5 rings (SSSR count). The molecule has 0 spiro atoms. The lowest BCUT2D eigenvalue weighted by Gasteiger charge is -2.37. The minimum Gasteiger partial charge on any atom is -0.480 e. The van der Waals surface area contributed by atoms with E-state index >= 15 is 0 Å². The van der Waals surface area contributed by atoms with Crippen LogP contribution < -0.4 is 10.1 Å². The smallest absolute Gasteiger partial charge is 0.153 e. The average molecular weight is 433 g/mol. The molecule has 3 heterocycles. The van der Waals surface area contributed by atoms with Crippen molar-refractivity contribution < 1.29 is 4.74 Å². The lowest BCUT2D eigenvalue weighted by atomic mass is 9.81. The van der Waals surface area contributed by atoms with Gasteiger partial charge in [-0.2, -0.15) is 0 Å². The van der Waals surface area contributed by atoms with Gasteiger partial charge in [-0.25, -0.2) is 0 Å². The van der Waals surface area contributed by atoms with E-state index in [1.54, 1.807) is 6.20 Å². The molecule has 0 unspecified atom stereocenters. The minimum atomic E-state index is -0.228. The number of rotatable bonds is 1. The minimum absolute atomic E-state index is 0.0802. The fourth-order valence-corrected chi connectivity index (χ4v) is 4.86. The second-order valence-electron chi connectivity index (χ2n) is 8.01. The molecular weight excluding hydrogens is 412 g/mol. The SMILES string of the molecule is CC1=CC(C)(C)Nc2ccc3c(c21)[C@H](c1cnccc1Br)Oc1ccccc1-3. The number of ether oxygens (including phenoxy) is 1. The van der Waals surface area contributed by atoms with Crippen LogP contribution in [0.4, 0.5) is 5.69 Å². The average Bonchev–Trinajstić information content (AvgIpc) is 2.66. The molecular formula is C24H21BrN2O. The molecule has 1 N–H and O–H groups in total. The Labute approximate surface area is 173 Å². The van der Waals surface area contributed by atoms with Crippen LogP contribution in [0, 0.1) is 0 Å². The first-order valence-electron chi connectivity index (χ1n) is 9.45. The number of allylic oxidation sites excluding steroid dienone is 1. The number of halogens is 1. The summed E-state index contributed by atoms with van der Waals surface area (Å²) in [5.74, 6) is 0.904. The van der Waals surface area contributed by atoms with E-state index in [2.05, 4.69) is 77.3 Å². The van der Waals surface area contributed by atoms with E-state index in [4.69, 9.17) is 4.74 Å². The second-order valence-corrected chi connectivity index (χ2v) is 8.87. The van der Waals surface area contributed by atoms with Gasteiger partial charge in [0.05, 0.1) is 5.54 Å². The Balaban J connectivity index is 1.83. The molecule has 0 saturated carbocycles. The van der Waals surface area contributed by atoms with E-state index in [9.17, 15) is 0 Å². The van der Waals surface area contributed by atoms with E-state index < -0.39 is 0 Å². The first-order chi connectivity index (χ1) is 13.4. The van der Waals surface area contributed by atoms with Crippen LogP contribution in [0.25, 0.3) is 16.7 Å². The van der Waals surface area contributed by atoms with Gasteiger partial charge < -0.3 is 10.1 Å². The highest BCUT2D eigenvalue weighted by molar-refractivity contribution is 9.10. The van der Waals surface area contributed by atoms with Gasteiger partial charge in [0.15, 0.2) is 6.10 Å². The fraction of sp³-hybridized carbons (Fsp3) is 0.208. The number of pyridine rings is 1. The summed E-state index contributed by atoms with van der Waals surface area (Å²) >= 11 is 3.70. The van der Waals surface area contributed by atoms with E-state index in [1.807, 2.05) is 24.4 Å². The third-order valence-corrected chi connectivity index (χ3v) is 6.16. The molecule has 2 aliphatic rings. The molecule has 2 aromatic carbocycles. The third kappa shape index (κ3) is 2.67. The highest BCUT2D eigenvalue weighted by atomic mass is 79.9. The Kier molecular flexibility index (Phi) is 3.88. The van der Waals surface area contributed by atoms with Crippen LogP contribution in [0.2, 0.25) is 0 Å². The van der Waals surface area contributed by atoms with Crippen LogP contribution in [-0.4, -0.2) is 10.5 Å². The quantitative estimate of drug-likeness (QED) is 0.470. The van der Waals surface area contributed by atoms with Crippen molar-refractivity contribution in [3.8, 4) is 16.9 Å². The number of para-hydroxylation sites is 1. The molecule has 0 amide bonds. The number of hydrogen-bond acceptors (Lipinski definition) is 3. The van der Waals surface area contributed by atoms with Gasteiger partial charge in [-0.05, 0) is 50.1 Å². The molecule has 4 heteroatoms. The maximum absolute atomic E-state index is 6.57. The molecule has 3 aromatic rings. The van der Waals surface area contributed by atoms with Crippen LogP contribution in [-0.2, 0) is 0 Å². The molecule has 0 bridgehead atoms. The summed E-state index contributed by atoms with van der Waals surface area (Å²) in [7, 11) is 0. The first-order valence-corrected chi connectivity index (χ1v) is 10.2. The molecule has 2 aliphatic heterocycles. The van der Waals surface area contributed by atoms with Crippen molar-refractivity contribution in [2.75, 3.05) is 5.32 Å². The predicted octanol–water partition coefficient (Wildman–Crippen LogP) is 6.60. The topological polar surface area (TPSA) is 34.2 Å². The van der Waals surface area contributed by atoms with Crippen LogP contribution in [0.1, 0.15) is 43.6 Å². The van der Waals surface area contributed by atoms with E-state index in [0.717, 1.165) is 27.0 Å². The van der Waals surface area contributed by atoms with Crippen LogP contribution >= 0.6 is 15.9 Å². The standard InChI is InChI=1S/C24H21BrN2O/c1-14-12-24(2,3)27-19-9-8-16-15-6-4-5-7-20(15)28-23(22(16)21(14)19)17-13-26-11-10-18(17)25/h4-13,23,27H,1-3H3/t23-/m0/s1. The zero-order valence-corrected chi connectivity index (χ0v) is 17.7. The van der Waals surface area contributed by atoms with E-state index in [0.29, 0.717) is 0 Å². The number of anilines is 1. The van der Waals surface area contributed by atoms with Gasteiger partial charge in [0, 0.05) is 44.8 Å². The number of aromatic nitrogens is 1. The number of hydrogen-bond donors (Lipinski definition) is 1. The Morgan fingerprint density at radius 1 is 1.07 bits per heavy atom. The Hall–Kier alpha value is -2.59. The van der Waals surface area contributed by atoms with Gasteiger partial charge in [-0.1, -0.05) is 46.3 Å². The van der Waals surface area contributed by atoms with Gasteiger partial charge in [-0.15, -0.1) is 0 Å². The summed E-state index contributed by atoms with van der Waals surface area (Å²) in [6.45, 7) is 6.58. The largest absolute Gasteiger partial charge is 0.480 e. The van der Waals surface area contributed by atoms with Crippen molar-refractivity contribution in [1.82, 2.24) is 4.98 Å². The maximum atomic E-state index is 6.57. The summed E-state index contributed by atoms with van der Waals surface area (Å²) in [6, 6.07) is 14.6. The fourth-order valence-electron chi connectivity index (χ4n) is 4.43. The molecule has 0 saturated heterocycles. The second kappa shape index (κ2) is 6.21. The zero-order valence-electron chi connectivity index (χ0n) is 16.1. The maximum Gasteiger partial charge on any atom is 0.153 e. The summed E-state index contributed by atoms with van der Waals surface area (Å²) in [5.41, 5.74) is 8.14. The van der Waals surface area contributed by atoms with Gasteiger partial charge >= 0.3 is 0 Å². The van der Waals surface area contributed by atoms with E-state index in [1.165, 1.54) is 22.3 Å². The normalized spacial score (nSPS) is 18.7. The summed E-state index contributed by atoms with van der Waals surface area (Å²) in [5, 5.41) is 3.67. The van der Waals surface area contributed by atoms with Crippen LogP contribution in [0.5, 0.6) is 5.75 Å². The molecule has 0 fully saturated rings.